The van der Waals surface area contributed by atoms with E-state index in [-0.39, 0.29) is 24.1 Å². The maximum absolute atomic E-state index is 13.4. The van der Waals surface area contributed by atoms with Gasteiger partial charge in [-0.05, 0) is 48.7 Å². The topological polar surface area (TPSA) is 77.6 Å². The number of carbonyl (C=O) groups excluding carboxylic acids is 1. The summed E-state index contributed by atoms with van der Waals surface area (Å²) in [4.78, 5) is 17.3. The third-order valence-electron chi connectivity index (χ3n) is 5.70. The lowest BCUT2D eigenvalue weighted by Gasteiger charge is -2.06. The molecule has 0 aliphatic heterocycles. The molecular formula is C26H22ClFN6O. The Morgan fingerprint density at radius 2 is 1.77 bits per heavy atom. The van der Waals surface area contributed by atoms with Crippen molar-refractivity contribution in [3.05, 3.63) is 94.7 Å². The minimum absolute atomic E-state index is 0.0641. The van der Waals surface area contributed by atoms with Crippen molar-refractivity contribution in [2.24, 2.45) is 0 Å². The van der Waals surface area contributed by atoms with Gasteiger partial charge in [0.05, 0.1) is 12.2 Å². The molecule has 5 rings (SSSR count). The van der Waals surface area contributed by atoms with E-state index in [0.29, 0.717) is 17.2 Å². The summed E-state index contributed by atoms with van der Waals surface area (Å²) in [6.07, 6.45) is 3.33. The fraction of sp³-hybridized carbons (Fsp3) is 0.154. The Hall–Kier alpha value is -4.04. The number of benzene rings is 2. The molecule has 0 unspecified atom stereocenters. The summed E-state index contributed by atoms with van der Waals surface area (Å²) in [7, 11) is 0. The molecule has 9 heteroatoms. The van der Waals surface area contributed by atoms with E-state index in [1.54, 1.807) is 33.9 Å². The SMILES string of the molecule is Cc1ccc(Cn2cc(Cl)c(NC(=O)Cn3nc(C)c4c(-c5ccc(F)cc5)ccnc43)n2)cc1. The van der Waals surface area contributed by atoms with Crippen molar-refractivity contribution in [3.8, 4) is 11.1 Å². The van der Waals surface area contributed by atoms with E-state index in [2.05, 4.69) is 20.5 Å². The molecule has 0 saturated heterocycles. The van der Waals surface area contributed by atoms with Crippen LogP contribution in [0.3, 0.4) is 0 Å². The molecular weight excluding hydrogens is 467 g/mol. The average molecular weight is 489 g/mol. The van der Waals surface area contributed by atoms with Crippen LogP contribution in [0.25, 0.3) is 22.2 Å². The number of nitrogens with one attached hydrogen (secondary N) is 1. The quantitative estimate of drug-likeness (QED) is 0.347. The number of hydrogen-bond acceptors (Lipinski definition) is 4. The van der Waals surface area contributed by atoms with Crippen molar-refractivity contribution in [1.82, 2.24) is 24.5 Å². The van der Waals surface area contributed by atoms with Crippen LogP contribution in [0.15, 0.2) is 67.0 Å². The van der Waals surface area contributed by atoms with Gasteiger partial charge in [0.15, 0.2) is 11.5 Å². The number of aromatic nitrogens is 5. The van der Waals surface area contributed by atoms with Gasteiger partial charge in [-0.3, -0.25) is 9.48 Å². The van der Waals surface area contributed by atoms with Gasteiger partial charge >= 0.3 is 0 Å². The maximum Gasteiger partial charge on any atom is 0.247 e. The lowest BCUT2D eigenvalue weighted by molar-refractivity contribution is -0.116. The summed E-state index contributed by atoms with van der Waals surface area (Å²) in [6.45, 7) is 4.36. The van der Waals surface area contributed by atoms with Crippen molar-refractivity contribution in [2.75, 3.05) is 5.32 Å². The minimum atomic E-state index is -0.328. The number of halogens is 2. The van der Waals surface area contributed by atoms with Crippen molar-refractivity contribution in [2.45, 2.75) is 26.9 Å². The molecule has 3 aromatic heterocycles. The third kappa shape index (κ3) is 4.79. The Balaban J connectivity index is 1.35. The van der Waals surface area contributed by atoms with Gasteiger partial charge in [-0.15, -0.1) is 0 Å². The van der Waals surface area contributed by atoms with E-state index in [0.717, 1.165) is 27.8 Å². The highest BCUT2D eigenvalue weighted by Crippen LogP contribution is 2.30. The molecule has 0 spiro atoms. The number of fused-ring (bicyclic) bond motifs is 1. The second kappa shape index (κ2) is 9.31. The van der Waals surface area contributed by atoms with Crippen LogP contribution >= 0.6 is 11.6 Å². The van der Waals surface area contributed by atoms with Crippen molar-refractivity contribution in [3.63, 3.8) is 0 Å². The highest BCUT2D eigenvalue weighted by atomic mass is 35.5. The monoisotopic (exact) mass is 488 g/mol. The summed E-state index contributed by atoms with van der Waals surface area (Å²) < 4.78 is 16.6. The van der Waals surface area contributed by atoms with Crippen molar-refractivity contribution >= 4 is 34.4 Å². The molecule has 0 bridgehead atoms. The molecule has 0 atom stereocenters. The van der Waals surface area contributed by atoms with Gasteiger partial charge in [-0.1, -0.05) is 53.6 Å². The first kappa shape index (κ1) is 22.7. The first-order valence-electron chi connectivity index (χ1n) is 11.0. The molecule has 0 radical (unpaired) electrons. The predicted octanol–water partition coefficient (Wildman–Crippen LogP) is 5.39. The Labute approximate surface area is 206 Å². The number of rotatable bonds is 6. The van der Waals surface area contributed by atoms with Crippen LogP contribution < -0.4 is 5.32 Å². The highest BCUT2D eigenvalue weighted by molar-refractivity contribution is 6.33. The van der Waals surface area contributed by atoms with E-state index in [4.69, 9.17) is 11.6 Å². The summed E-state index contributed by atoms with van der Waals surface area (Å²) in [5, 5.41) is 12.9. The van der Waals surface area contributed by atoms with Crippen LogP contribution in [0, 0.1) is 19.7 Å². The minimum Gasteiger partial charge on any atom is -0.306 e. The highest BCUT2D eigenvalue weighted by Gasteiger charge is 2.17. The van der Waals surface area contributed by atoms with Gasteiger partial charge in [0, 0.05) is 17.8 Å². The lowest BCUT2D eigenvalue weighted by Crippen LogP contribution is -2.20. The zero-order valence-electron chi connectivity index (χ0n) is 19.2. The predicted molar refractivity (Wildman–Crippen MR) is 134 cm³/mol. The van der Waals surface area contributed by atoms with Crippen molar-refractivity contribution < 1.29 is 9.18 Å². The molecule has 35 heavy (non-hydrogen) atoms. The average Bonchev–Trinajstić information content (AvgIpc) is 3.34. The number of nitrogens with zero attached hydrogens (tertiary/aromatic N) is 5. The Morgan fingerprint density at radius 3 is 2.51 bits per heavy atom. The molecule has 0 aliphatic carbocycles. The number of aryl methyl sites for hydroxylation is 2. The number of anilines is 1. The van der Waals surface area contributed by atoms with E-state index in [1.807, 2.05) is 44.2 Å². The van der Waals surface area contributed by atoms with Crippen LogP contribution in [-0.4, -0.2) is 30.5 Å². The molecule has 1 N–H and O–H groups in total. The maximum atomic E-state index is 13.4. The van der Waals surface area contributed by atoms with E-state index >= 15 is 0 Å². The second-order valence-electron chi connectivity index (χ2n) is 8.36. The molecule has 7 nitrogen and oxygen atoms in total. The Bertz CT molecular complexity index is 1520. The van der Waals surface area contributed by atoms with Crippen LogP contribution in [0.2, 0.25) is 5.02 Å². The van der Waals surface area contributed by atoms with Crippen LogP contribution in [0.4, 0.5) is 10.2 Å². The molecule has 1 amide bonds. The molecule has 176 valence electrons. The van der Waals surface area contributed by atoms with Gasteiger partial charge in [0.2, 0.25) is 5.91 Å². The molecule has 0 fully saturated rings. The van der Waals surface area contributed by atoms with Crippen LogP contribution in [-0.2, 0) is 17.9 Å². The van der Waals surface area contributed by atoms with Gasteiger partial charge in [-0.25, -0.2) is 14.1 Å². The zero-order chi connectivity index (χ0) is 24.5. The Morgan fingerprint density at radius 1 is 1.03 bits per heavy atom. The van der Waals surface area contributed by atoms with Gasteiger partial charge in [0.1, 0.15) is 17.4 Å². The normalized spacial score (nSPS) is 11.2. The second-order valence-corrected chi connectivity index (χ2v) is 8.77. The lowest BCUT2D eigenvalue weighted by atomic mass is 10.0. The number of amides is 1. The van der Waals surface area contributed by atoms with Gasteiger partial charge in [-0.2, -0.15) is 10.2 Å². The third-order valence-corrected chi connectivity index (χ3v) is 5.97. The fourth-order valence-corrected chi connectivity index (χ4v) is 4.21. The van der Waals surface area contributed by atoms with Crippen LogP contribution in [0.1, 0.15) is 16.8 Å². The molecule has 0 saturated carbocycles. The standard InChI is InChI=1S/C26H22ClFN6O/c1-16-3-5-18(6-4-16)13-33-14-22(27)25(32-33)30-23(35)15-34-26-24(17(2)31-34)21(11-12-29-26)19-7-9-20(28)10-8-19/h3-12,14H,13,15H2,1-2H3,(H,30,32,35). The molecule has 5 aromatic rings. The first-order chi connectivity index (χ1) is 16.9. The molecule has 3 heterocycles. The first-order valence-corrected chi connectivity index (χ1v) is 11.4. The molecule has 2 aromatic carbocycles. The number of carbonyl (C=O) groups is 1. The summed E-state index contributed by atoms with van der Waals surface area (Å²) in [6, 6.07) is 16.2. The van der Waals surface area contributed by atoms with Crippen LogP contribution in [0.5, 0.6) is 0 Å². The number of hydrogen-bond donors (Lipinski definition) is 1. The fourth-order valence-electron chi connectivity index (χ4n) is 4.01. The summed E-state index contributed by atoms with van der Waals surface area (Å²) in [5.41, 5.74) is 5.26. The smallest absolute Gasteiger partial charge is 0.247 e. The summed E-state index contributed by atoms with van der Waals surface area (Å²) in [5.74, 6) is -0.342. The van der Waals surface area contributed by atoms with Crippen molar-refractivity contribution in [1.29, 1.82) is 0 Å². The van der Waals surface area contributed by atoms with E-state index in [9.17, 15) is 9.18 Å². The van der Waals surface area contributed by atoms with E-state index in [1.165, 1.54) is 17.7 Å². The largest absolute Gasteiger partial charge is 0.306 e. The molecule has 0 aliphatic rings. The Kier molecular flexibility index (Phi) is 6.05. The van der Waals surface area contributed by atoms with Gasteiger partial charge in [0.25, 0.3) is 0 Å². The zero-order valence-corrected chi connectivity index (χ0v) is 19.9. The number of pyridine rings is 1. The van der Waals surface area contributed by atoms with Gasteiger partial charge < -0.3 is 5.32 Å². The van der Waals surface area contributed by atoms with E-state index < -0.39 is 0 Å². The summed E-state index contributed by atoms with van der Waals surface area (Å²) >= 11 is 6.32.